The first-order chi connectivity index (χ1) is 9.47. The van der Waals surface area contributed by atoms with Gasteiger partial charge in [-0.3, -0.25) is 4.79 Å². The number of amides is 1. The van der Waals surface area contributed by atoms with Crippen molar-refractivity contribution in [1.82, 2.24) is 5.32 Å². The number of aliphatic hydroxyl groups excluding tert-OH is 1. The molecule has 0 unspecified atom stereocenters. The highest BCUT2D eigenvalue weighted by molar-refractivity contribution is 6.30. The zero-order valence-corrected chi connectivity index (χ0v) is 11.6. The highest BCUT2D eigenvalue weighted by Crippen LogP contribution is 2.24. The smallest absolute Gasteiger partial charge is 0.254 e. The van der Waals surface area contributed by atoms with Gasteiger partial charge in [0.2, 0.25) is 0 Å². The zero-order chi connectivity index (χ0) is 14.7. The van der Waals surface area contributed by atoms with Crippen molar-refractivity contribution in [3.05, 3.63) is 34.4 Å². The van der Waals surface area contributed by atoms with Gasteiger partial charge in [-0.15, -0.1) is 0 Å². The van der Waals surface area contributed by atoms with Gasteiger partial charge in [-0.05, 0) is 43.7 Å². The minimum Gasteiger partial charge on any atom is -0.393 e. The molecule has 2 rings (SSSR count). The van der Waals surface area contributed by atoms with Gasteiger partial charge in [0.25, 0.3) is 5.91 Å². The first-order valence-corrected chi connectivity index (χ1v) is 6.96. The van der Waals surface area contributed by atoms with Crippen LogP contribution in [0.4, 0.5) is 8.78 Å². The monoisotopic (exact) mass is 303 g/mol. The van der Waals surface area contributed by atoms with Crippen LogP contribution in [-0.4, -0.2) is 23.7 Å². The highest BCUT2D eigenvalue weighted by atomic mass is 35.5. The van der Waals surface area contributed by atoms with Gasteiger partial charge in [0.05, 0.1) is 16.7 Å². The summed E-state index contributed by atoms with van der Waals surface area (Å²) in [5.74, 6) is -2.04. The van der Waals surface area contributed by atoms with Gasteiger partial charge in [0.15, 0.2) is 0 Å². The van der Waals surface area contributed by atoms with Crippen molar-refractivity contribution in [2.24, 2.45) is 5.92 Å². The van der Waals surface area contributed by atoms with Crippen molar-refractivity contribution in [1.29, 1.82) is 0 Å². The molecule has 0 aromatic heterocycles. The summed E-state index contributed by atoms with van der Waals surface area (Å²) >= 11 is 5.43. The molecule has 1 aromatic carbocycles. The molecule has 0 radical (unpaired) electrons. The molecule has 0 bridgehead atoms. The van der Waals surface area contributed by atoms with Crippen molar-refractivity contribution < 1.29 is 18.7 Å². The highest BCUT2D eigenvalue weighted by Gasteiger charge is 2.21. The molecule has 6 heteroatoms. The van der Waals surface area contributed by atoms with Crippen LogP contribution in [0, 0.1) is 17.6 Å². The summed E-state index contributed by atoms with van der Waals surface area (Å²) in [6, 6.07) is 1.60. The summed E-state index contributed by atoms with van der Waals surface area (Å²) in [5.41, 5.74) is -0.345. The largest absolute Gasteiger partial charge is 0.393 e. The number of carbonyl (C=O) groups excluding carboxylic acids is 1. The quantitative estimate of drug-likeness (QED) is 0.844. The predicted molar refractivity (Wildman–Crippen MR) is 71.7 cm³/mol. The van der Waals surface area contributed by atoms with Gasteiger partial charge in [-0.2, -0.15) is 0 Å². The van der Waals surface area contributed by atoms with E-state index in [1.807, 2.05) is 0 Å². The summed E-state index contributed by atoms with van der Waals surface area (Å²) < 4.78 is 26.8. The summed E-state index contributed by atoms with van der Waals surface area (Å²) in [6.07, 6.45) is 2.80. The number of halogens is 3. The standard InChI is InChI=1S/C14H16ClF2NO2/c15-11-6-12(16)10(5-13(11)17)14(20)18-7-8-1-3-9(19)4-2-8/h5-6,8-9,19H,1-4,7H2,(H,18,20). The van der Waals surface area contributed by atoms with Gasteiger partial charge in [0.1, 0.15) is 11.6 Å². The third kappa shape index (κ3) is 3.67. The van der Waals surface area contributed by atoms with Crippen LogP contribution in [-0.2, 0) is 0 Å². The second-order valence-electron chi connectivity index (χ2n) is 5.13. The van der Waals surface area contributed by atoms with Gasteiger partial charge in [-0.25, -0.2) is 8.78 Å². The Morgan fingerprint density at radius 1 is 1.25 bits per heavy atom. The minimum absolute atomic E-state index is 0.259. The fourth-order valence-electron chi connectivity index (χ4n) is 2.38. The second-order valence-corrected chi connectivity index (χ2v) is 5.54. The van der Waals surface area contributed by atoms with Crippen molar-refractivity contribution in [2.45, 2.75) is 31.8 Å². The van der Waals surface area contributed by atoms with Gasteiger partial charge in [-0.1, -0.05) is 11.6 Å². The normalized spacial score (nSPS) is 22.6. The van der Waals surface area contributed by atoms with Gasteiger partial charge >= 0.3 is 0 Å². The minimum atomic E-state index is -0.840. The van der Waals surface area contributed by atoms with Crippen LogP contribution in [0.3, 0.4) is 0 Å². The average Bonchev–Trinajstić information content (AvgIpc) is 2.42. The Hall–Kier alpha value is -1.20. The molecule has 0 heterocycles. The topological polar surface area (TPSA) is 49.3 Å². The van der Waals surface area contributed by atoms with Crippen molar-refractivity contribution >= 4 is 17.5 Å². The van der Waals surface area contributed by atoms with Crippen molar-refractivity contribution in [3.63, 3.8) is 0 Å². The molecule has 1 aliphatic rings. The number of nitrogens with one attached hydrogen (secondary N) is 1. The Labute approximate surface area is 120 Å². The molecule has 1 saturated carbocycles. The fraction of sp³-hybridized carbons (Fsp3) is 0.500. The summed E-state index contributed by atoms with van der Waals surface area (Å²) in [6.45, 7) is 0.398. The van der Waals surface area contributed by atoms with E-state index in [0.29, 0.717) is 19.4 Å². The molecule has 3 nitrogen and oxygen atoms in total. The van der Waals surface area contributed by atoms with Crippen LogP contribution in [0.25, 0.3) is 0 Å². The SMILES string of the molecule is O=C(NCC1CCC(O)CC1)c1cc(F)c(Cl)cc1F. The number of benzene rings is 1. The molecule has 0 spiro atoms. The lowest BCUT2D eigenvalue weighted by molar-refractivity contribution is 0.0906. The van der Waals surface area contributed by atoms with E-state index in [1.54, 1.807) is 0 Å². The van der Waals surface area contributed by atoms with Crippen LogP contribution in [0.2, 0.25) is 5.02 Å². The van der Waals surface area contributed by atoms with Gasteiger partial charge in [0, 0.05) is 6.54 Å². The molecule has 20 heavy (non-hydrogen) atoms. The van der Waals surface area contributed by atoms with E-state index in [2.05, 4.69) is 5.32 Å². The van der Waals surface area contributed by atoms with E-state index in [9.17, 15) is 18.7 Å². The van der Waals surface area contributed by atoms with Crippen LogP contribution in [0.15, 0.2) is 12.1 Å². The van der Waals surface area contributed by atoms with E-state index in [-0.39, 0.29) is 22.6 Å². The third-order valence-corrected chi connectivity index (χ3v) is 3.91. The summed E-state index contributed by atoms with van der Waals surface area (Å²) in [7, 11) is 0. The molecule has 1 fully saturated rings. The summed E-state index contributed by atoms with van der Waals surface area (Å²) in [5, 5.41) is 11.6. The number of hydrogen-bond acceptors (Lipinski definition) is 2. The molecular formula is C14H16ClF2NO2. The molecule has 1 amide bonds. The van der Waals surface area contributed by atoms with Crippen LogP contribution in [0.1, 0.15) is 36.0 Å². The van der Waals surface area contributed by atoms with Crippen molar-refractivity contribution in [2.75, 3.05) is 6.54 Å². The van der Waals surface area contributed by atoms with E-state index < -0.39 is 17.5 Å². The molecular weight excluding hydrogens is 288 g/mol. The Morgan fingerprint density at radius 3 is 2.55 bits per heavy atom. The van der Waals surface area contributed by atoms with E-state index in [4.69, 9.17) is 11.6 Å². The Balaban J connectivity index is 1.93. The molecule has 1 aliphatic carbocycles. The Kier molecular flexibility index (Phi) is 4.94. The zero-order valence-electron chi connectivity index (χ0n) is 10.8. The predicted octanol–water partition coefficient (Wildman–Crippen LogP) is 2.90. The maximum atomic E-state index is 13.6. The number of hydrogen-bond donors (Lipinski definition) is 2. The molecule has 0 aliphatic heterocycles. The first kappa shape index (κ1) is 15.2. The van der Waals surface area contributed by atoms with Crippen LogP contribution in [0.5, 0.6) is 0 Å². The first-order valence-electron chi connectivity index (χ1n) is 6.58. The third-order valence-electron chi connectivity index (χ3n) is 3.62. The maximum absolute atomic E-state index is 13.6. The van der Waals surface area contributed by atoms with Crippen LogP contribution < -0.4 is 5.32 Å². The molecule has 0 saturated heterocycles. The Bertz CT molecular complexity index is 502. The van der Waals surface area contributed by atoms with E-state index in [1.165, 1.54) is 0 Å². The lowest BCUT2D eigenvalue weighted by atomic mass is 9.87. The van der Waals surface area contributed by atoms with Crippen molar-refractivity contribution in [3.8, 4) is 0 Å². The molecule has 110 valence electrons. The molecule has 0 atom stereocenters. The van der Waals surface area contributed by atoms with Crippen LogP contribution >= 0.6 is 11.6 Å². The summed E-state index contributed by atoms with van der Waals surface area (Å²) in [4.78, 5) is 11.8. The number of rotatable bonds is 3. The Morgan fingerprint density at radius 2 is 1.90 bits per heavy atom. The van der Waals surface area contributed by atoms with E-state index in [0.717, 1.165) is 25.0 Å². The lowest BCUT2D eigenvalue weighted by Gasteiger charge is -2.25. The maximum Gasteiger partial charge on any atom is 0.254 e. The molecule has 1 aromatic rings. The lowest BCUT2D eigenvalue weighted by Crippen LogP contribution is -2.32. The fourth-order valence-corrected chi connectivity index (χ4v) is 2.53. The number of aliphatic hydroxyl groups is 1. The van der Waals surface area contributed by atoms with Gasteiger partial charge < -0.3 is 10.4 Å². The molecule has 2 N–H and O–H groups in total. The number of carbonyl (C=O) groups is 1. The van der Waals surface area contributed by atoms with E-state index >= 15 is 0 Å². The average molecular weight is 304 g/mol. The second kappa shape index (κ2) is 6.50.